The van der Waals surface area contributed by atoms with Crippen molar-refractivity contribution in [1.29, 1.82) is 0 Å². The first-order chi connectivity index (χ1) is 18.7. The molecule has 0 bridgehead atoms. The van der Waals surface area contributed by atoms with Gasteiger partial charge in [-0.2, -0.15) is 0 Å². The Labute approximate surface area is 227 Å². The van der Waals surface area contributed by atoms with Gasteiger partial charge in [0, 0.05) is 88.2 Å². The maximum absolute atomic E-state index is 5.27. The molecule has 0 aliphatic carbocycles. The highest BCUT2D eigenvalue weighted by Gasteiger charge is 2.28. The topological polar surface area (TPSA) is 50.8 Å². The van der Waals surface area contributed by atoms with Crippen molar-refractivity contribution in [1.82, 2.24) is 25.1 Å². The van der Waals surface area contributed by atoms with E-state index in [1.54, 1.807) is 0 Å². The predicted octanol–water partition coefficient (Wildman–Crippen LogP) is 3.64. The largest absolute Gasteiger partial charge is 0.369 e. The van der Waals surface area contributed by atoms with E-state index in [0.29, 0.717) is 6.04 Å². The molecule has 4 heterocycles. The van der Waals surface area contributed by atoms with Gasteiger partial charge in [-0.05, 0) is 56.8 Å². The summed E-state index contributed by atoms with van der Waals surface area (Å²) in [6.45, 7) is 9.38. The molecule has 7 nitrogen and oxygen atoms in total. The Morgan fingerprint density at radius 2 is 1.55 bits per heavy atom. The first kappa shape index (κ1) is 25.3. The maximum Gasteiger partial charge on any atom is 0.161 e. The monoisotopic (exact) mass is 511 g/mol. The second-order valence-electron chi connectivity index (χ2n) is 11.1. The van der Waals surface area contributed by atoms with E-state index >= 15 is 0 Å². The van der Waals surface area contributed by atoms with Gasteiger partial charge >= 0.3 is 0 Å². The molecule has 0 atom stereocenters. The molecule has 2 aromatic carbocycles. The second-order valence-corrected chi connectivity index (χ2v) is 11.1. The van der Waals surface area contributed by atoms with Crippen molar-refractivity contribution in [3.63, 3.8) is 0 Å². The first-order valence-corrected chi connectivity index (χ1v) is 14.3. The Morgan fingerprint density at radius 1 is 0.816 bits per heavy atom. The molecule has 3 aliphatic rings. The van der Waals surface area contributed by atoms with Gasteiger partial charge in [-0.25, -0.2) is 9.97 Å². The quantitative estimate of drug-likeness (QED) is 0.542. The fourth-order valence-corrected chi connectivity index (χ4v) is 6.09. The number of nitrogens with one attached hydrogen (secondary N) is 1. The summed E-state index contributed by atoms with van der Waals surface area (Å²) in [5.74, 6) is 2.02. The number of nitrogens with zero attached hydrogens (tertiary/aromatic N) is 6. The predicted molar refractivity (Wildman–Crippen MR) is 156 cm³/mol. The molecule has 1 N–H and O–H groups in total. The number of hydrogen-bond acceptors (Lipinski definition) is 7. The van der Waals surface area contributed by atoms with Gasteiger partial charge in [-0.15, -0.1) is 0 Å². The van der Waals surface area contributed by atoms with Gasteiger partial charge in [0.05, 0.1) is 5.69 Å². The Morgan fingerprint density at radius 3 is 2.26 bits per heavy atom. The number of aromatic nitrogens is 2. The SMILES string of the molecule is CNC1CCN(c2nc(-c3ccc(N4CCN(C)CC4)cc3)nc3c2CN(Cc2ccccc2)CC3)CC1. The molecule has 0 saturated carbocycles. The number of anilines is 2. The summed E-state index contributed by atoms with van der Waals surface area (Å²) < 4.78 is 0. The summed E-state index contributed by atoms with van der Waals surface area (Å²) >= 11 is 0. The Balaban J connectivity index is 1.28. The number of likely N-dealkylation sites (N-methyl/N-ethyl adjacent to an activating group) is 1. The van der Waals surface area contributed by atoms with Gasteiger partial charge in [-0.3, -0.25) is 4.90 Å². The molecule has 0 amide bonds. The van der Waals surface area contributed by atoms with E-state index in [-0.39, 0.29) is 0 Å². The highest BCUT2D eigenvalue weighted by Crippen LogP contribution is 2.32. The molecule has 3 aromatic rings. The van der Waals surface area contributed by atoms with Crippen LogP contribution in [-0.2, 0) is 19.5 Å². The van der Waals surface area contributed by atoms with Gasteiger partial charge in [0.15, 0.2) is 5.82 Å². The number of piperazine rings is 1. The normalized spacial score (nSPS) is 19.5. The zero-order valence-electron chi connectivity index (χ0n) is 22.9. The highest BCUT2D eigenvalue weighted by molar-refractivity contribution is 5.64. The van der Waals surface area contributed by atoms with Crippen molar-refractivity contribution in [3.05, 3.63) is 71.4 Å². The molecule has 200 valence electrons. The zero-order chi connectivity index (χ0) is 25.9. The molecule has 7 heteroatoms. The number of benzene rings is 2. The fourth-order valence-electron chi connectivity index (χ4n) is 6.09. The minimum Gasteiger partial charge on any atom is -0.369 e. The van der Waals surface area contributed by atoms with Crippen LogP contribution < -0.4 is 15.1 Å². The summed E-state index contributed by atoms with van der Waals surface area (Å²) in [4.78, 5) is 20.4. The lowest BCUT2D eigenvalue weighted by Gasteiger charge is -2.36. The van der Waals surface area contributed by atoms with Crippen LogP contribution in [0.1, 0.15) is 29.7 Å². The van der Waals surface area contributed by atoms with Gasteiger partial charge in [0.25, 0.3) is 0 Å². The van der Waals surface area contributed by atoms with Crippen LogP contribution in [0.4, 0.5) is 11.5 Å². The van der Waals surface area contributed by atoms with E-state index < -0.39 is 0 Å². The number of rotatable bonds is 6. The third-order valence-electron chi connectivity index (χ3n) is 8.56. The van der Waals surface area contributed by atoms with Crippen LogP contribution in [0.25, 0.3) is 11.4 Å². The van der Waals surface area contributed by atoms with Gasteiger partial charge in [0.2, 0.25) is 0 Å². The molecular formula is C31H41N7. The van der Waals surface area contributed by atoms with Crippen molar-refractivity contribution in [2.45, 2.75) is 38.4 Å². The summed E-state index contributed by atoms with van der Waals surface area (Å²) in [7, 11) is 4.28. The molecule has 2 fully saturated rings. The molecule has 0 unspecified atom stereocenters. The lowest BCUT2D eigenvalue weighted by atomic mass is 10.0. The smallest absolute Gasteiger partial charge is 0.161 e. The number of fused-ring (bicyclic) bond motifs is 1. The summed E-state index contributed by atoms with van der Waals surface area (Å²) in [6, 6.07) is 20.4. The summed E-state index contributed by atoms with van der Waals surface area (Å²) in [5, 5.41) is 3.47. The maximum atomic E-state index is 5.27. The molecule has 38 heavy (non-hydrogen) atoms. The highest BCUT2D eigenvalue weighted by atomic mass is 15.3. The number of piperidine rings is 1. The van der Waals surface area contributed by atoms with E-state index in [1.807, 2.05) is 0 Å². The van der Waals surface area contributed by atoms with Crippen LogP contribution in [-0.4, -0.2) is 85.7 Å². The zero-order valence-corrected chi connectivity index (χ0v) is 22.9. The number of hydrogen-bond donors (Lipinski definition) is 1. The van der Waals surface area contributed by atoms with E-state index in [2.05, 4.69) is 93.6 Å². The van der Waals surface area contributed by atoms with Crippen molar-refractivity contribution in [3.8, 4) is 11.4 Å². The molecule has 3 aliphatic heterocycles. The van der Waals surface area contributed by atoms with Crippen molar-refractivity contribution in [2.75, 3.05) is 69.7 Å². The van der Waals surface area contributed by atoms with Crippen LogP contribution in [0, 0.1) is 0 Å². The van der Waals surface area contributed by atoms with Crippen LogP contribution in [0.5, 0.6) is 0 Å². The van der Waals surface area contributed by atoms with Crippen molar-refractivity contribution in [2.24, 2.45) is 0 Å². The Bertz CT molecular complexity index is 1200. The average molecular weight is 512 g/mol. The Hall–Kier alpha value is -3.00. The third-order valence-corrected chi connectivity index (χ3v) is 8.56. The van der Waals surface area contributed by atoms with Crippen LogP contribution >= 0.6 is 0 Å². The lowest BCUT2D eigenvalue weighted by molar-refractivity contribution is 0.243. The first-order valence-electron chi connectivity index (χ1n) is 14.3. The van der Waals surface area contributed by atoms with Crippen LogP contribution in [0.2, 0.25) is 0 Å². The minimum atomic E-state index is 0.597. The summed E-state index contributed by atoms with van der Waals surface area (Å²) in [5.41, 5.74) is 6.33. The Kier molecular flexibility index (Phi) is 7.58. The van der Waals surface area contributed by atoms with Crippen LogP contribution in [0.3, 0.4) is 0 Å². The second kappa shape index (κ2) is 11.4. The van der Waals surface area contributed by atoms with E-state index in [0.717, 1.165) is 95.4 Å². The van der Waals surface area contributed by atoms with Crippen molar-refractivity contribution >= 4 is 11.5 Å². The van der Waals surface area contributed by atoms with Crippen molar-refractivity contribution < 1.29 is 0 Å². The van der Waals surface area contributed by atoms with E-state index in [1.165, 1.54) is 22.5 Å². The molecule has 0 radical (unpaired) electrons. The molecule has 6 rings (SSSR count). The van der Waals surface area contributed by atoms with Crippen LogP contribution in [0.15, 0.2) is 54.6 Å². The summed E-state index contributed by atoms with van der Waals surface area (Å²) in [6.07, 6.45) is 3.27. The van der Waals surface area contributed by atoms with Gasteiger partial charge in [0.1, 0.15) is 5.82 Å². The van der Waals surface area contributed by atoms with E-state index in [9.17, 15) is 0 Å². The minimum absolute atomic E-state index is 0.597. The standard InChI is InChI=1S/C31H41N7/c1-32-26-12-16-38(17-13-26)31-28-23-36(22-24-6-4-3-5-7-24)15-14-29(28)33-30(34-31)25-8-10-27(11-9-25)37-20-18-35(2)19-21-37/h3-11,26,32H,12-23H2,1-2H3. The fraction of sp³-hybridized carbons (Fsp3) is 0.484. The average Bonchev–Trinajstić information content (AvgIpc) is 2.98. The van der Waals surface area contributed by atoms with Gasteiger partial charge < -0.3 is 20.0 Å². The van der Waals surface area contributed by atoms with E-state index in [4.69, 9.17) is 9.97 Å². The molecule has 1 aromatic heterocycles. The molecule has 2 saturated heterocycles. The third kappa shape index (κ3) is 5.55. The molecular weight excluding hydrogens is 470 g/mol. The molecule has 0 spiro atoms. The van der Waals surface area contributed by atoms with Gasteiger partial charge in [-0.1, -0.05) is 30.3 Å². The lowest BCUT2D eigenvalue weighted by Crippen LogP contribution is -2.44.